The predicted octanol–water partition coefficient (Wildman–Crippen LogP) is 1.53. The molecular weight excluding hydrogens is 456 g/mol. The minimum absolute atomic E-state index is 0.380. The number of aliphatic hydroxyl groups excluding tert-OH is 4. The number of benzene rings is 2. The minimum Gasteiger partial charge on any atom is -0.394 e. The zero-order valence-electron chi connectivity index (χ0n) is 15.9. The molecule has 1 unspecified atom stereocenters. The number of ether oxygens (including phenoxy) is 2. The molecule has 7 nitrogen and oxygen atoms in total. The Labute approximate surface area is 182 Å². The molecule has 2 aromatic rings. The normalized spacial score (nSPS) is 27.8. The van der Waals surface area contributed by atoms with Crippen molar-refractivity contribution >= 4 is 27.8 Å². The van der Waals surface area contributed by atoms with Gasteiger partial charge in [-0.3, -0.25) is 4.79 Å². The highest BCUT2D eigenvalue weighted by molar-refractivity contribution is 9.10. The zero-order valence-corrected chi connectivity index (χ0v) is 17.5. The number of hydrogen-bond acceptors (Lipinski definition) is 7. The molecule has 0 aromatic heterocycles. The highest BCUT2D eigenvalue weighted by Crippen LogP contribution is 2.24. The fourth-order valence-electron chi connectivity index (χ4n) is 3.06. The maximum absolute atomic E-state index is 13.1. The third-order valence-electron chi connectivity index (χ3n) is 4.78. The van der Waals surface area contributed by atoms with Crippen LogP contribution in [0.2, 0.25) is 0 Å². The van der Waals surface area contributed by atoms with E-state index in [1.54, 1.807) is 30.3 Å². The smallest absolute Gasteiger partial charge is 0.195 e. The Hall–Kier alpha value is -1.91. The molecule has 0 aliphatic carbocycles. The molecule has 6 atom stereocenters. The van der Waals surface area contributed by atoms with Crippen molar-refractivity contribution in [2.24, 2.45) is 0 Å². The van der Waals surface area contributed by atoms with Crippen LogP contribution in [0.5, 0.6) is 0 Å². The summed E-state index contributed by atoms with van der Waals surface area (Å²) in [5.41, 5.74) is 1.22. The molecule has 4 N–H and O–H groups in total. The van der Waals surface area contributed by atoms with E-state index in [0.29, 0.717) is 5.56 Å². The Morgan fingerprint density at radius 2 is 1.70 bits per heavy atom. The van der Waals surface area contributed by atoms with Gasteiger partial charge in [0.05, 0.1) is 6.61 Å². The zero-order chi connectivity index (χ0) is 21.7. The Morgan fingerprint density at radius 1 is 1.03 bits per heavy atom. The Bertz CT molecular complexity index is 854. The van der Waals surface area contributed by atoms with Gasteiger partial charge in [0, 0.05) is 10.0 Å². The van der Waals surface area contributed by atoms with Gasteiger partial charge in [-0.25, -0.2) is 0 Å². The van der Waals surface area contributed by atoms with Crippen molar-refractivity contribution in [3.05, 3.63) is 76.3 Å². The van der Waals surface area contributed by atoms with Crippen molar-refractivity contribution in [2.45, 2.75) is 36.8 Å². The number of halogens is 1. The predicted molar refractivity (Wildman–Crippen MR) is 113 cm³/mol. The van der Waals surface area contributed by atoms with E-state index < -0.39 is 43.4 Å². The van der Waals surface area contributed by atoms with Crippen LogP contribution >= 0.6 is 15.9 Å². The van der Waals surface area contributed by atoms with Gasteiger partial charge in [0.25, 0.3) is 0 Å². The quantitative estimate of drug-likeness (QED) is 0.445. The Balaban J connectivity index is 1.85. The summed E-state index contributed by atoms with van der Waals surface area (Å²) in [6.07, 6.45) is -5.18. The van der Waals surface area contributed by atoms with E-state index in [9.17, 15) is 25.2 Å². The summed E-state index contributed by atoms with van der Waals surface area (Å²) in [5.74, 6) is -0.383. The van der Waals surface area contributed by atoms with Gasteiger partial charge in [-0.05, 0) is 23.8 Å². The number of aliphatic hydroxyl groups is 4. The molecule has 1 aliphatic rings. The van der Waals surface area contributed by atoms with E-state index in [4.69, 9.17) is 9.47 Å². The largest absolute Gasteiger partial charge is 0.394 e. The molecule has 8 heteroatoms. The van der Waals surface area contributed by atoms with Crippen molar-refractivity contribution in [1.82, 2.24) is 0 Å². The van der Waals surface area contributed by atoms with E-state index in [0.717, 1.165) is 10.0 Å². The van der Waals surface area contributed by atoms with Crippen LogP contribution in [0, 0.1) is 0 Å². The third kappa shape index (κ3) is 5.41. The van der Waals surface area contributed by atoms with Gasteiger partial charge in [0.2, 0.25) is 0 Å². The highest BCUT2D eigenvalue weighted by atomic mass is 79.9. The third-order valence-corrected chi connectivity index (χ3v) is 5.31. The van der Waals surface area contributed by atoms with E-state index in [-0.39, 0.29) is 5.78 Å². The van der Waals surface area contributed by atoms with Crippen molar-refractivity contribution in [3.63, 3.8) is 0 Å². The monoisotopic (exact) mass is 478 g/mol. The summed E-state index contributed by atoms with van der Waals surface area (Å²) < 4.78 is 11.9. The van der Waals surface area contributed by atoms with Crippen molar-refractivity contribution < 1.29 is 34.7 Å². The lowest BCUT2D eigenvalue weighted by atomic mass is 9.99. The lowest BCUT2D eigenvalue weighted by Gasteiger charge is -2.40. The SMILES string of the molecule is O=C(c1ccc(Br)cc1)C(C=Cc1ccccc1)O[C@@H]1O[C@H](CO)[C@@H](O)[C@@H](O)[C@H]1O. The minimum atomic E-state index is -1.60. The van der Waals surface area contributed by atoms with Crippen LogP contribution in [0.3, 0.4) is 0 Å². The number of ketones is 1. The Kier molecular flexibility index (Phi) is 7.90. The van der Waals surface area contributed by atoms with Gasteiger partial charge in [-0.1, -0.05) is 64.5 Å². The summed E-state index contributed by atoms with van der Waals surface area (Å²) in [6.45, 7) is -0.587. The summed E-state index contributed by atoms with van der Waals surface area (Å²) in [5, 5.41) is 39.6. The van der Waals surface area contributed by atoms with E-state index in [1.807, 2.05) is 30.3 Å². The van der Waals surface area contributed by atoms with Crippen LogP contribution in [0.1, 0.15) is 15.9 Å². The molecule has 1 heterocycles. The first-order valence-electron chi connectivity index (χ1n) is 9.39. The molecule has 1 saturated heterocycles. The standard InChI is InChI=1S/C22H23BrO7/c23-15-9-7-14(8-10-15)18(25)16(11-6-13-4-2-1-3-5-13)29-22-21(28)20(27)19(26)17(12-24)30-22/h1-11,16-17,19-22,24,26-28H,12H2/t16?,17-,19-,20-,21-,22-/m1/s1. The van der Waals surface area contributed by atoms with Gasteiger partial charge in [0.15, 0.2) is 12.1 Å². The Morgan fingerprint density at radius 3 is 2.33 bits per heavy atom. The molecule has 0 saturated carbocycles. The fraction of sp³-hybridized carbons (Fsp3) is 0.318. The van der Waals surface area contributed by atoms with Gasteiger partial charge in [0.1, 0.15) is 30.5 Å². The summed E-state index contributed by atoms with van der Waals surface area (Å²) in [7, 11) is 0. The van der Waals surface area contributed by atoms with Crippen LogP contribution in [-0.2, 0) is 9.47 Å². The summed E-state index contributed by atoms with van der Waals surface area (Å²) in [4.78, 5) is 13.1. The molecular formula is C22H23BrO7. The maximum Gasteiger partial charge on any atom is 0.195 e. The number of rotatable bonds is 7. The number of hydrogen-bond donors (Lipinski definition) is 4. The summed E-state index contributed by atoms with van der Waals surface area (Å²) >= 11 is 3.32. The second kappa shape index (κ2) is 10.4. The molecule has 0 spiro atoms. The van der Waals surface area contributed by atoms with Crippen LogP contribution in [0.4, 0.5) is 0 Å². The lowest BCUT2D eigenvalue weighted by molar-refractivity contribution is -0.303. The highest BCUT2D eigenvalue weighted by Gasteiger charge is 2.45. The fourth-order valence-corrected chi connectivity index (χ4v) is 3.32. The first-order valence-corrected chi connectivity index (χ1v) is 10.2. The molecule has 1 aliphatic heterocycles. The van der Waals surface area contributed by atoms with Crippen LogP contribution in [-0.4, -0.2) is 69.6 Å². The van der Waals surface area contributed by atoms with Gasteiger partial charge in [-0.15, -0.1) is 0 Å². The first kappa shape index (κ1) is 22.8. The number of carbonyl (C=O) groups is 1. The maximum atomic E-state index is 13.1. The van der Waals surface area contributed by atoms with Gasteiger partial charge >= 0.3 is 0 Å². The molecule has 0 radical (unpaired) electrons. The van der Waals surface area contributed by atoms with E-state index in [1.165, 1.54) is 6.08 Å². The van der Waals surface area contributed by atoms with E-state index >= 15 is 0 Å². The molecule has 3 rings (SSSR count). The lowest BCUT2D eigenvalue weighted by Crippen LogP contribution is -2.59. The van der Waals surface area contributed by atoms with Gasteiger partial charge < -0.3 is 29.9 Å². The molecule has 0 bridgehead atoms. The number of Topliss-reactive ketones (excluding diaryl/α,β-unsaturated/α-hetero) is 1. The van der Waals surface area contributed by atoms with Crippen LogP contribution < -0.4 is 0 Å². The van der Waals surface area contributed by atoms with Crippen LogP contribution in [0.15, 0.2) is 65.1 Å². The molecule has 160 valence electrons. The average Bonchev–Trinajstić information content (AvgIpc) is 2.77. The molecule has 2 aromatic carbocycles. The molecule has 0 amide bonds. The molecule has 1 fully saturated rings. The average molecular weight is 479 g/mol. The van der Waals surface area contributed by atoms with E-state index in [2.05, 4.69) is 15.9 Å². The van der Waals surface area contributed by atoms with Crippen LogP contribution in [0.25, 0.3) is 6.08 Å². The van der Waals surface area contributed by atoms with Gasteiger partial charge in [-0.2, -0.15) is 0 Å². The van der Waals surface area contributed by atoms with Crippen molar-refractivity contribution in [2.75, 3.05) is 6.61 Å². The first-order chi connectivity index (χ1) is 14.4. The number of carbonyl (C=O) groups excluding carboxylic acids is 1. The second-order valence-electron chi connectivity index (χ2n) is 6.89. The van der Waals surface area contributed by atoms with Crippen molar-refractivity contribution in [1.29, 1.82) is 0 Å². The topological polar surface area (TPSA) is 116 Å². The summed E-state index contributed by atoms with van der Waals surface area (Å²) in [6, 6.07) is 16.0. The molecule has 30 heavy (non-hydrogen) atoms. The second-order valence-corrected chi connectivity index (χ2v) is 7.81. The van der Waals surface area contributed by atoms with Crippen molar-refractivity contribution in [3.8, 4) is 0 Å².